The Hall–Kier alpha value is -2.38. The summed E-state index contributed by atoms with van der Waals surface area (Å²) in [6.45, 7) is 6.12. The Labute approximate surface area is 171 Å². The molecule has 0 aliphatic carbocycles. The van der Waals surface area contributed by atoms with E-state index in [9.17, 15) is 9.90 Å². The van der Waals surface area contributed by atoms with Crippen LogP contribution in [0.5, 0.6) is 5.75 Å². The van der Waals surface area contributed by atoms with Gasteiger partial charge in [-0.15, -0.1) is 0 Å². The number of aryl methyl sites for hydroxylation is 1. The lowest BCUT2D eigenvalue weighted by Crippen LogP contribution is -2.32. The van der Waals surface area contributed by atoms with Gasteiger partial charge in [0.1, 0.15) is 5.75 Å². The minimum Gasteiger partial charge on any atom is -0.484 e. The lowest BCUT2D eigenvalue weighted by molar-refractivity contribution is -0.132. The van der Waals surface area contributed by atoms with E-state index in [1.165, 1.54) is 5.56 Å². The molecule has 1 aromatic heterocycles. The van der Waals surface area contributed by atoms with Crippen molar-refractivity contribution in [2.45, 2.75) is 38.8 Å². The lowest BCUT2D eigenvalue weighted by Gasteiger charge is -2.17. The zero-order valence-corrected chi connectivity index (χ0v) is 17.0. The van der Waals surface area contributed by atoms with E-state index >= 15 is 0 Å². The molecule has 0 unspecified atom stereocenters. The summed E-state index contributed by atoms with van der Waals surface area (Å²) in [7, 11) is 0. The van der Waals surface area contributed by atoms with Crippen molar-refractivity contribution in [1.29, 1.82) is 0 Å². The van der Waals surface area contributed by atoms with Gasteiger partial charge in [0.15, 0.2) is 6.61 Å². The molecule has 7 nitrogen and oxygen atoms in total. The van der Waals surface area contributed by atoms with Gasteiger partial charge < -0.3 is 14.7 Å². The van der Waals surface area contributed by atoms with Gasteiger partial charge in [-0.25, -0.2) is 0 Å². The summed E-state index contributed by atoms with van der Waals surface area (Å²) in [5.41, 5.74) is 3.24. The first-order chi connectivity index (χ1) is 14.1. The van der Waals surface area contributed by atoms with E-state index < -0.39 is 0 Å². The number of benzene rings is 1. The molecule has 2 N–H and O–H groups in total. The average Bonchev–Trinajstić information content (AvgIpc) is 3.44. The van der Waals surface area contributed by atoms with E-state index in [4.69, 9.17) is 4.74 Å². The van der Waals surface area contributed by atoms with Crippen LogP contribution in [-0.2, 0) is 17.8 Å². The monoisotopic (exact) mass is 398 g/mol. The van der Waals surface area contributed by atoms with Gasteiger partial charge in [-0.2, -0.15) is 5.10 Å². The lowest BCUT2D eigenvalue weighted by atomic mass is 10.0. The fourth-order valence-corrected chi connectivity index (χ4v) is 4.27. The molecule has 2 saturated heterocycles. The van der Waals surface area contributed by atoms with E-state index in [2.05, 4.69) is 15.1 Å². The highest BCUT2D eigenvalue weighted by molar-refractivity contribution is 5.78. The van der Waals surface area contributed by atoms with Crippen LogP contribution in [0, 0.1) is 12.8 Å². The van der Waals surface area contributed by atoms with Gasteiger partial charge >= 0.3 is 0 Å². The number of hydrogen-bond acceptors (Lipinski definition) is 5. The number of carbonyl (C=O) groups excluding carboxylic acids is 1. The molecule has 3 heterocycles. The molecule has 2 aliphatic rings. The maximum atomic E-state index is 12.1. The van der Waals surface area contributed by atoms with Crippen LogP contribution in [0.3, 0.4) is 0 Å². The van der Waals surface area contributed by atoms with Crippen molar-refractivity contribution in [2.24, 2.45) is 5.92 Å². The van der Waals surface area contributed by atoms with Crippen molar-refractivity contribution in [3.05, 3.63) is 47.3 Å². The first-order valence-corrected chi connectivity index (χ1v) is 10.5. The van der Waals surface area contributed by atoms with Gasteiger partial charge in [-0.3, -0.25) is 14.8 Å². The number of nitrogens with one attached hydrogen (secondary N) is 1. The number of aromatic nitrogens is 2. The van der Waals surface area contributed by atoms with E-state index in [0.29, 0.717) is 6.54 Å². The molecule has 156 valence electrons. The minimum atomic E-state index is -0.328. The van der Waals surface area contributed by atoms with E-state index in [-0.39, 0.29) is 24.5 Å². The molecule has 29 heavy (non-hydrogen) atoms. The van der Waals surface area contributed by atoms with Crippen molar-refractivity contribution in [2.75, 3.05) is 32.8 Å². The summed E-state index contributed by atoms with van der Waals surface area (Å²) in [5, 5.41) is 17.7. The van der Waals surface area contributed by atoms with Crippen molar-refractivity contribution >= 4 is 5.91 Å². The SMILES string of the molecule is Cc1cc(C[C@@H]2CN(Cc3ccc(OCC(=O)N4CCCC4)cc3)C[C@H]2O)n[nH]1. The van der Waals surface area contributed by atoms with Crippen LogP contribution in [0.1, 0.15) is 29.8 Å². The van der Waals surface area contributed by atoms with Gasteiger partial charge in [-0.05, 0) is 49.9 Å². The quantitative estimate of drug-likeness (QED) is 0.743. The molecule has 2 fully saturated rings. The number of hydrogen-bond donors (Lipinski definition) is 2. The summed E-state index contributed by atoms with van der Waals surface area (Å²) in [5.74, 6) is 0.988. The molecule has 2 aromatic rings. The number of β-amino-alcohol motifs (C(OH)–C–C–N with tert-alkyl or cyclic N) is 1. The van der Waals surface area contributed by atoms with Crippen LogP contribution in [0.15, 0.2) is 30.3 Å². The van der Waals surface area contributed by atoms with Crippen LogP contribution in [0.2, 0.25) is 0 Å². The Morgan fingerprint density at radius 2 is 2.00 bits per heavy atom. The van der Waals surface area contributed by atoms with Gasteiger partial charge in [0.05, 0.1) is 11.8 Å². The molecule has 0 spiro atoms. The third-order valence-electron chi connectivity index (χ3n) is 5.86. The predicted octanol–water partition coefficient (Wildman–Crippen LogP) is 1.75. The number of ether oxygens (including phenoxy) is 1. The number of H-pyrrole nitrogens is 1. The second-order valence-electron chi connectivity index (χ2n) is 8.29. The van der Waals surface area contributed by atoms with Gasteiger partial charge in [0.2, 0.25) is 0 Å². The number of aliphatic hydroxyl groups is 1. The summed E-state index contributed by atoms with van der Waals surface area (Å²) in [6, 6.07) is 9.95. The Morgan fingerprint density at radius 3 is 2.69 bits per heavy atom. The fraction of sp³-hybridized carbons (Fsp3) is 0.545. The maximum Gasteiger partial charge on any atom is 0.260 e. The number of rotatable bonds is 7. The average molecular weight is 399 g/mol. The van der Waals surface area contributed by atoms with Crippen LogP contribution in [0.25, 0.3) is 0 Å². The molecule has 0 radical (unpaired) electrons. The second-order valence-corrected chi connectivity index (χ2v) is 8.29. The fourth-order valence-electron chi connectivity index (χ4n) is 4.27. The molecular weight excluding hydrogens is 368 g/mol. The number of nitrogens with zero attached hydrogens (tertiary/aromatic N) is 3. The van der Waals surface area contributed by atoms with Gasteiger partial charge in [-0.1, -0.05) is 12.1 Å². The predicted molar refractivity (Wildman–Crippen MR) is 110 cm³/mol. The minimum absolute atomic E-state index is 0.0655. The molecule has 2 atom stereocenters. The maximum absolute atomic E-state index is 12.1. The molecule has 1 amide bonds. The molecule has 7 heteroatoms. The van der Waals surface area contributed by atoms with E-state index in [1.54, 1.807) is 0 Å². The van der Waals surface area contributed by atoms with Crippen molar-refractivity contribution < 1.29 is 14.6 Å². The third-order valence-corrected chi connectivity index (χ3v) is 5.86. The molecule has 0 bridgehead atoms. The molecule has 1 aromatic carbocycles. The van der Waals surface area contributed by atoms with Crippen molar-refractivity contribution in [3.8, 4) is 5.75 Å². The largest absolute Gasteiger partial charge is 0.484 e. The van der Waals surface area contributed by atoms with E-state index in [1.807, 2.05) is 42.2 Å². The highest BCUT2D eigenvalue weighted by Crippen LogP contribution is 2.23. The van der Waals surface area contributed by atoms with Gasteiger partial charge in [0, 0.05) is 44.3 Å². The van der Waals surface area contributed by atoms with Gasteiger partial charge in [0.25, 0.3) is 5.91 Å². The summed E-state index contributed by atoms with van der Waals surface area (Å²) in [4.78, 5) is 16.2. The second kappa shape index (κ2) is 8.97. The molecule has 2 aliphatic heterocycles. The zero-order chi connectivity index (χ0) is 20.2. The van der Waals surface area contributed by atoms with Crippen LogP contribution in [0.4, 0.5) is 0 Å². The van der Waals surface area contributed by atoms with Crippen LogP contribution in [-0.4, -0.2) is 69.9 Å². The van der Waals surface area contributed by atoms with Crippen molar-refractivity contribution in [1.82, 2.24) is 20.0 Å². The third kappa shape index (κ3) is 5.16. The van der Waals surface area contributed by atoms with E-state index in [0.717, 1.165) is 62.6 Å². The Balaban J connectivity index is 1.24. The Kier molecular flexibility index (Phi) is 6.16. The number of aromatic amines is 1. The number of aliphatic hydroxyl groups excluding tert-OH is 1. The Morgan fingerprint density at radius 1 is 1.24 bits per heavy atom. The number of carbonyl (C=O) groups is 1. The number of likely N-dealkylation sites (tertiary alicyclic amines) is 2. The normalized spacial score (nSPS) is 22.3. The zero-order valence-electron chi connectivity index (χ0n) is 17.0. The number of amides is 1. The molecule has 4 rings (SSSR count). The highest BCUT2D eigenvalue weighted by Gasteiger charge is 2.31. The molecular formula is C22H30N4O3. The highest BCUT2D eigenvalue weighted by atomic mass is 16.5. The van der Waals surface area contributed by atoms with Crippen LogP contribution >= 0.6 is 0 Å². The Bertz CT molecular complexity index is 814. The first-order valence-electron chi connectivity index (χ1n) is 10.5. The molecule has 0 saturated carbocycles. The smallest absolute Gasteiger partial charge is 0.260 e. The summed E-state index contributed by atoms with van der Waals surface area (Å²) >= 11 is 0. The summed E-state index contributed by atoms with van der Waals surface area (Å²) < 4.78 is 5.65. The standard InChI is InChI=1S/C22H30N4O3/c1-16-10-19(24-23-16)11-18-13-25(14-21(18)27)12-17-4-6-20(7-5-17)29-15-22(28)26-8-2-3-9-26/h4-7,10,18,21,27H,2-3,8-9,11-15H2,1H3,(H,23,24)/t18-,21-/m1/s1. The van der Waals surface area contributed by atoms with Crippen molar-refractivity contribution in [3.63, 3.8) is 0 Å². The summed E-state index contributed by atoms with van der Waals surface area (Å²) in [6.07, 6.45) is 2.65. The first kappa shape index (κ1) is 19.9. The topological polar surface area (TPSA) is 81.7 Å². The van der Waals surface area contributed by atoms with Crippen LogP contribution < -0.4 is 4.74 Å².